The van der Waals surface area contributed by atoms with E-state index in [2.05, 4.69) is 18.8 Å². The molecule has 0 aliphatic carbocycles. The number of unbranched alkanes of at least 4 members (excludes halogenated alkanes) is 1. The van der Waals surface area contributed by atoms with Crippen LogP contribution in [0.2, 0.25) is 0 Å². The van der Waals surface area contributed by atoms with E-state index in [-0.39, 0.29) is 0 Å². The molecule has 0 fully saturated rings. The molecule has 0 aliphatic rings. The fraction of sp³-hybridized carbons (Fsp3) is 0.444. The molecule has 0 bridgehead atoms. The molecule has 0 aromatic carbocycles. The molecule has 3 heteroatoms. The van der Waals surface area contributed by atoms with E-state index < -0.39 is 0 Å². The zero-order valence-corrected chi connectivity index (χ0v) is 13.0. The summed E-state index contributed by atoms with van der Waals surface area (Å²) in [6.07, 6.45) is 8.67. The van der Waals surface area contributed by atoms with E-state index in [9.17, 15) is 0 Å². The molecule has 0 aliphatic heterocycles. The van der Waals surface area contributed by atoms with Crippen molar-refractivity contribution in [1.82, 2.24) is 4.98 Å². The molecule has 0 saturated carbocycles. The molecule has 0 amide bonds. The van der Waals surface area contributed by atoms with Gasteiger partial charge in [-0.25, -0.2) is 4.98 Å². The van der Waals surface area contributed by atoms with E-state index in [4.69, 9.17) is 4.84 Å². The summed E-state index contributed by atoms with van der Waals surface area (Å²) < 4.78 is 1.84. The molecule has 21 heavy (non-hydrogen) atoms. The van der Waals surface area contributed by atoms with Crippen molar-refractivity contribution in [3.8, 4) is 11.4 Å². The van der Waals surface area contributed by atoms with E-state index in [1.165, 1.54) is 19.3 Å². The SMILES string of the molecule is CCCCC(CC)CO[n+]1ccccc1-c1ccccn1. The summed E-state index contributed by atoms with van der Waals surface area (Å²) in [5, 5.41) is 0. The molecule has 0 saturated heterocycles. The van der Waals surface area contributed by atoms with Gasteiger partial charge < -0.3 is 0 Å². The highest BCUT2D eigenvalue weighted by molar-refractivity contribution is 5.49. The van der Waals surface area contributed by atoms with Crippen molar-refractivity contribution in [1.29, 1.82) is 0 Å². The van der Waals surface area contributed by atoms with Crippen molar-refractivity contribution in [2.75, 3.05) is 6.61 Å². The largest absolute Gasteiger partial charge is 0.282 e. The summed E-state index contributed by atoms with van der Waals surface area (Å²) in [7, 11) is 0. The minimum atomic E-state index is 0.620. The molecule has 3 nitrogen and oxygen atoms in total. The maximum atomic E-state index is 6.02. The van der Waals surface area contributed by atoms with E-state index in [0.29, 0.717) is 5.92 Å². The molecule has 0 N–H and O–H groups in total. The molecular weight excluding hydrogens is 260 g/mol. The van der Waals surface area contributed by atoms with Gasteiger partial charge in [0.25, 0.3) is 5.69 Å². The summed E-state index contributed by atoms with van der Waals surface area (Å²) in [6, 6.07) is 12.0. The summed E-state index contributed by atoms with van der Waals surface area (Å²) >= 11 is 0. The smallest absolute Gasteiger partial charge is 0.270 e. The van der Waals surface area contributed by atoms with Crippen LogP contribution in [0.5, 0.6) is 0 Å². The quantitative estimate of drug-likeness (QED) is 0.691. The lowest BCUT2D eigenvalue weighted by atomic mass is 10.0. The van der Waals surface area contributed by atoms with Gasteiger partial charge in [-0.15, -0.1) is 0 Å². The number of rotatable bonds is 8. The highest BCUT2D eigenvalue weighted by atomic mass is 16.7. The number of nitrogens with zero attached hydrogens (tertiary/aromatic N) is 2. The van der Waals surface area contributed by atoms with Crippen LogP contribution in [-0.4, -0.2) is 11.6 Å². The molecule has 1 atom stereocenters. The van der Waals surface area contributed by atoms with Crippen molar-refractivity contribution in [3.05, 3.63) is 48.8 Å². The Bertz CT molecular complexity index is 528. The van der Waals surface area contributed by atoms with Gasteiger partial charge in [0, 0.05) is 23.1 Å². The van der Waals surface area contributed by atoms with Crippen LogP contribution in [0.3, 0.4) is 0 Å². The van der Waals surface area contributed by atoms with E-state index in [1.807, 2.05) is 53.5 Å². The molecule has 0 spiro atoms. The van der Waals surface area contributed by atoms with Gasteiger partial charge in [0.15, 0.2) is 6.61 Å². The lowest BCUT2D eigenvalue weighted by molar-refractivity contribution is -0.884. The van der Waals surface area contributed by atoms with Crippen LogP contribution < -0.4 is 9.57 Å². The summed E-state index contributed by atoms with van der Waals surface area (Å²) in [6.45, 7) is 5.22. The number of hydrogen-bond acceptors (Lipinski definition) is 2. The molecule has 2 aromatic heterocycles. The number of pyridine rings is 2. The minimum Gasteiger partial charge on any atom is -0.270 e. The Labute approximate surface area is 127 Å². The van der Waals surface area contributed by atoms with Crippen LogP contribution in [0, 0.1) is 5.92 Å². The molecule has 112 valence electrons. The van der Waals surface area contributed by atoms with Crippen molar-refractivity contribution >= 4 is 0 Å². The fourth-order valence-electron chi connectivity index (χ4n) is 2.34. The predicted octanol–water partition coefficient (Wildman–Crippen LogP) is 3.68. The van der Waals surface area contributed by atoms with Gasteiger partial charge in [-0.1, -0.05) is 32.8 Å². The van der Waals surface area contributed by atoms with Crippen LogP contribution in [0.15, 0.2) is 48.8 Å². The molecule has 2 rings (SSSR count). The van der Waals surface area contributed by atoms with Crippen LogP contribution in [0.25, 0.3) is 11.4 Å². The molecule has 2 heterocycles. The summed E-state index contributed by atoms with van der Waals surface area (Å²) in [5.74, 6) is 0.620. The monoisotopic (exact) mass is 285 g/mol. The second kappa shape index (κ2) is 8.40. The molecule has 2 aromatic rings. The van der Waals surface area contributed by atoms with Crippen molar-refractivity contribution in [2.45, 2.75) is 39.5 Å². The molecule has 0 radical (unpaired) electrons. The van der Waals surface area contributed by atoms with Crippen LogP contribution in [0.4, 0.5) is 0 Å². The predicted molar refractivity (Wildman–Crippen MR) is 84.6 cm³/mol. The van der Waals surface area contributed by atoms with Gasteiger partial charge >= 0.3 is 0 Å². The maximum absolute atomic E-state index is 6.02. The van der Waals surface area contributed by atoms with Crippen molar-refractivity contribution in [3.63, 3.8) is 0 Å². The molecule has 1 unspecified atom stereocenters. The minimum absolute atomic E-state index is 0.620. The van der Waals surface area contributed by atoms with Crippen LogP contribution in [-0.2, 0) is 0 Å². The van der Waals surface area contributed by atoms with Gasteiger partial charge in [-0.2, -0.15) is 0 Å². The summed E-state index contributed by atoms with van der Waals surface area (Å²) in [5.41, 5.74) is 1.92. The Hall–Kier alpha value is -1.90. The average molecular weight is 285 g/mol. The second-order valence-electron chi connectivity index (χ2n) is 5.34. The third kappa shape index (κ3) is 4.55. The Morgan fingerprint density at radius 1 is 1.14 bits per heavy atom. The first-order chi connectivity index (χ1) is 10.3. The summed E-state index contributed by atoms with van der Waals surface area (Å²) in [4.78, 5) is 10.4. The van der Waals surface area contributed by atoms with Gasteiger partial charge in [0.05, 0.1) is 0 Å². The van der Waals surface area contributed by atoms with E-state index in [1.54, 1.807) is 0 Å². The highest BCUT2D eigenvalue weighted by Gasteiger charge is 2.17. The lowest BCUT2D eigenvalue weighted by Crippen LogP contribution is -2.46. The van der Waals surface area contributed by atoms with E-state index in [0.717, 1.165) is 24.4 Å². The zero-order valence-electron chi connectivity index (χ0n) is 13.0. The Morgan fingerprint density at radius 3 is 2.71 bits per heavy atom. The lowest BCUT2D eigenvalue weighted by Gasteiger charge is -2.12. The topological polar surface area (TPSA) is 26.0 Å². The fourth-order valence-corrected chi connectivity index (χ4v) is 2.34. The second-order valence-corrected chi connectivity index (χ2v) is 5.34. The van der Waals surface area contributed by atoms with Gasteiger partial charge in [0.2, 0.25) is 6.20 Å². The standard InChI is InChI=1S/C18H25N2O/c1-3-5-10-16(4-2)15-21-20-14-9-7-12-18(20)17-11-6-8-13-19-17/h6-9,11-14,16H,3-5,10,15H2,1-2H3/q+1. The van der Waals surface area contributed by atoms with Crippen molar-refractivity contribution in [2.24, 2.45) is 5.92 Å². The average Bonchev–Trinajstić information content (AvgIpc) is 2.56. The Kier molecular flexibility index (Phi) is 6.20. The Balaban J connectivity index is 2.07. The van der Waals surface area contributed by atoms with Gasteiger partial charge in [-0.3, -0.25) is 4.84 Å². The third-order valence-corrected chi connectivity index (χ3v) is 3.74. The Morgan fingerprint density at radius 2 is 2.00 bits per heavy atom. The maximum Gasteiger partial charge on any atom is 0.282 e. The first-order valence-corrected chi connectivity index (χ1v) is 7.90. The molecular formula is C18H25N2O+. The van der Waals surface area contributed by atoms with Crippen LogP contribution in [0.1, 0.15) is 39.5 Å². The number of hydrogen-bond donors (Lipinski definition) is 0. The first-order valence-electron chi connectivity index (χ1n) is 7.90. The highest BCUT2D eigenvalue weighted by Crippen LogP contribution is 2.13. The zero-order chi connectivity index (χ0) is 14.9. The normalized spacial score (nSPS) is 12.1. The van der Waals surface area contributed by atoms with E-state index >= 15 is 0 Å². The van der Waals surface area contributed by atoms with Gasteiger partial charge in [-0.05, 0) is 37.0 Å². The van der Waals surface area contributed by atoms with Gasteiger partial charge in [0.1, 0.15) is 5.69 Å². The first kappa shape index (κ1) is 15.5. The number of aromatic nitrogens is 2. The van der Waals surface area contributed by atoms with Crippen molar-refractivity contribution < 1.29 is 9.57 Å². The third-order valence-electron chi connectivity index (χ3n) is 3.74. The van der Waals surface area contributed by atoms with Crippen LogP contribution >= 0.6 is 0 Å².